The predicted octanol–water partition coefficient (Wildman–Crippen LogP) is 2.00. The number of benzene rings is 1. The van der Waals surface area contributed by atoms with Crippen LogP contribution in [0.3, 0.4) is 0 Å². The summed E-state index contributed by atoms with van der Waals surface area (Å²) >= 11 is 4.39. The molecule has 2 heteroatoms. The van der Waals surface area contributed by atoms with Gasteiger partial charge >= 0.3 is 0 Å². The van der Waals surface area contributed by atoms with Gasteiger partial charge in [-0.15, -0.1) is 0 Å². The lowest BCUT2D eigenvalue weighted by molar-refractivity contribution is 0.725. The molecule has 0 aliphatic heterocycles. The minimum Gasteiger partial charge on any atom is -0.327 e. The third-order valence-electron chi connectivity index (χ3n) is 1.64. The Morgan fingerprint density at radius 2 is 1.82 bits per heavy atom. The minimum absolute atomic E-state index is 0.0979. The van der Waals surface area contributed by atoms with Crippen LogP contribution in [0.15, 0.2) is 30.3 Å². The van der Waals surface area contributed by atoms with E-state index in [1.165, 1.54) is 5.56 Å². The van der Waals surface area contributed by atoms with Gasteiger partial charge in [0, 0.05) is 11.3 Å². The van der Waals surface area contributed by atoms with E-state index in [1.54, 1.807) is 0 Å². The lowest BCUT2D eigenvalue weighted by atomic mass is 10.1. The van der Waals surface area contributed by atoms with Crippen molar-refractivity contribution in [2.45, 2.75) is 18.2 Å². The summed E-state index contributed by atoms with van der Waals surface area (Å²) in [6.45, 7) is 1.96. The molecule has 0 saturated heterocycles. The van der Waals surface area contributed by atoms with Gasteiger partial charge in [-0.2, -0.15) is 12.6 Å². The first-order chi connectivity index (χ1) is 5.22. The first-order valence-corrected chi connectivity index (χ1v) is 4.22. The summed E-state index contributed by atoms with van der Waals surface area (Å²) in [5.74, 6) is 0. The average molecular weight is 167 g/mol. The van der Waals surface area contributed by atoms with Crippen LogP contribution in [0.1, 0.15) is 17.7 Å². The van der Waals surface area contributed by atoms with Gasteiger partial charge in [-0.3, -0.25) is 0 Å². The SMILES string of the molecule is CC(N)C(S)c1ccccc1. The molecule has 60 valence electrons. The standard InChI is InChI=1S/C9H13NS/c1-7(10)9(11)8-5-3-2-4-6-8/h2-7,9,11H,10H2,1H3. The second kappa shape index (κ2) is 3.79. The maximum Gasteiger partial charge on any atom is 0.0415 e. The molecule has 2 unspecified atom stereocenters. The van der Waals surface area contributed by atoms with Crippen molar-refractivity contribution in [1.82, 2.24) is 0 Å². The molecule has 2 atom stereocenters. The van der Waals surface area contributed by atoms with E-state index in [9.17, 15) is 0 Å². The Labute approximate surface area is 73.0 Å². The second-order valence-electron chi connectivity index (χ2n) is 2.71. The first-order valence-electron chi connectivity index (χ1n) is 3.70. The summed E-state index contributed by atoms with van der Waals surface area (Å²) in [7, 11) is 0. The van der Waals surface area contributed by atoms with E-state index >= 15 is 0 Å². The highest BCUT2D eigenvalue weighted by Gasteiger charge is 2.09. The monoisotopic (exact) mass is 167 g/mol. The van der Waals surface area contributed by atoms with Crippen molar-refractivity contribution in [3.05, 3.63) is 35.9 Å². The quantitative estimate of drug-likeness (QED) is 0.647. The fraction of sp³-hybridized carbons (Fsp3) is 0.333. The smallest absolute Gasteiger partial charge is 0.0415 e. The summed E-state index contributed by atoms with van der Waals surface area (Å²) in [6.07, 6.45) is 0. The fourth-order valence-corrected chi connectivity index (χ4v) is 1.13. The molecule has 0 heterocycles. The van der Waals surface area contributed by atoms with Crippen LogP contribution in [0.5, 0.6) is 0 Å². The maximum absolute atomic E-state index is 5.69. The van der Waals surface area contributed by atoms with E-state index in [1.807, 2.05) is 37.3 Å². The summed E-state index contributed by atoms with van der Waals surface area (Å²) in [5, 5.41) is 0.149. The Hall–Kier alpha value is -0.470. The molecule has 11 heavy (non-hydrogen) atoms. The van der Waals surface area contributed by atoms with Gasteiger partial charge < -0.3 is 5.73 Å². The molecule has 0 saturated carbocycles. The molecule has 0 spiro atoms. The lowest BCUT2D eigenvalue weighted by Gasteiger charge is -2.14. The van der Waals surface area contributed by atoms with Gasteiger partial charge in [0.25, 0.3) is 0 Å². The Kier molecular flexibility index (Phi) is 2.97. The molecule has 2 N–H and O–H groups in total. The molecule has 0 amide bonds. The molecule has 0 aliphatic carbocycles. The third-order valence-corrected chi connectivity index (χ3v) is 2.41. The zero-order valence-corrected chi connectivity index (χ0v) is 7.46. The molecule has 1 aromatic rings. The minimum atomic E-state index is 0.0979. The van der Waals surface area contributed by atoms with Gasteiger partial charge in [0.05, 0.1) is 0 Å². The number of hydrogen-bond acceptors (Lipinski definition) is 2. The molecule has 0 aliphatic rings. The van der Waals surface area contributed by atoms with Crippen LogP contribution < -0.4 is 5.73 Å². The normalized spacial score (nSPS) is 15.9. The van der Waals surface area contributed by atoms with E-state index in [0.717, 1.165) is 0 Å². The van der Waals surface area contributed by atoms with Gasteiger partial charge in [0.1, 0.15) is 0 Å². The first kappa shape index (κ1) is 8.62. The Morgan fingerprint density at radius 3 is 2.27 bits per heavy atom. The van der Waals surface area contributed by atoms with Crippen LogP contribution in [-0.4, -0.2) is 6.04 Å². The van der Waals surface area contributed by atoms with Crippen LogP contribution in [0, 0.1) is 0 Å². The maximum atomic E-state index is 5.69. The number of thiol groups is 1. The van der Waals surface area contributed by atoms with Crippen molar-refractivity contribution in [2.24, 2.45) is 5.73 Å². The molecular formula is C9H13NS. The van der Waals surface area contributed by atoms with Crippen LogP contribution in [-0.2, 0) is 0 Å². The van der Waals surface area contributed by atoms with Crippen molar-refractivity contribution in [3.63, 3.8) is 0 Å². The molecule has 1 aromatic carbocycles. The van der Waals surface area contributed by atoms with Gasteiger partial charge in [0.2, 0.25) is 0 Å². The van der Waals surface area contributed by atoms with Crippen molar-refractivity contribution in [3.8, 4) is 0 Å². The predicted molar refractivity (Wildman–Crippen MR) is 51.8 cm³/mol. The highest BCUT2D eigenvalue weighted by atomic mass is 32.1. The van der Waals surface area contributed by atoms with Crippen molar-refractivity contribution in [1.29, 1.82) is 0 Å². The molecule has 1 rings (SSSR count). The van der Waals surface area contributed by atoms with Gasteiger partial charge in [-0.25, -0.2) is 0 Å². The third kappa shape index (κ3) is 2.24. The largest absolute Gasteiger partial charge is 0.327 e. The molecular weight excluding hydrogens is 154 g/mol. The van der Waals surface area contributed by atoms with Gasteiger partial charge in [-0.1, -0.05) is 30.3 Å². The molecule has 0 fully saturated rings. The Morgan fingerprint density at radius 1 is 1.27 bits per heavy atom. The highest BCUT2D eigenvalue weighted by molar-refractivity contribution is 7.80. The van der Waals surface area contributed by atoms with Crippen molar-refractivity contribution in [2.75, 3.05) is 0 Å². The average Bonchev–Trinajstić information content (AvgIpc) is 2.05. The number of nitrogens with two attached hydrogens (primary N) is 1. The summed E-state index contributed by atoms with van der Waals surface area (Å²) in [5.41, 5.74) is 6.88. The van der Waals surface area contributed by atoms with Crippen LogP contribution >= 0.6 is 12.6 Å². The van der Waals surface area contributed by atoms with Gasteiger partial charge in [0.15, 0.2) is 0 Å². The van der Waals surface area contributed by atoms with Crippen LogP contribution in [0.4, 0.5) is 0 Å². The van der Waals surface area contributed by atoms with Crippen LogP contribution in [0.25, 0.3) is 0 Å². The topological polar surface area (TPSA) is 26.0 Å². The molecule has 0 radical (unpaired) electrons. The van der Waals surface area contributed by atoms with Gasteiger partial charge in [-0.05, 0) is 12.5 Å². The zero-order valence-electron chi connectivity index (χ0n) is 6.57. The van der Waals surface area contributed by atoms with E-state index in [4.69, 9.17) is 5.73 Å². The lowest BCUT2D eigenvalue weighted by Crippen LogP contribution is -2.20. The summed E-state index contributed by atoms with van der Waals surface area (Å²) < 4.78 is 0. The second-order valence-corrected chi connectivity index (χ2v) is 3.27. The van der Waals surface area contributed by atoms with E-state index < -0.39 is 0 Å². The van der Waals surface area contributed by atoms with Crippen LogP contribution in [0.2, 0.25) is 0 Å². The Balaban J connectivity index is 2.77. The van der Waals surface area contributed by atoms with E-state index in [0.29, 0.717) is 0 Å². The molecule has 0 aromatic heterocycles. The zero-order chi connectivity index (χ0) is 8.27. The molecule has 1 nitrogen and oxygen atoms in total. The van der Waals surface area contributed by atoms with Crippen molar-refractivity contribution < 1.29 is 0 Å². The van der Waals surface area contributed by atoms with E-state index in [2.05, 4.69) is 12.6 Å². The van der Waals surface area contributed by atoms with E-state index in [-0.39, 0.29) is 11.3 Å². The number of hydrogen-bond donors (Lipinski definition) is 2. The highest BCUT2D eigenvalue weighted by Crippen LogP contribution is 2.21. The van der Waals surface area contributed by atoms with Crippen molar-refractivity contribution >= 4 is 12.6 Å². The fourth-order valence-electron chi connectivity index (χ4n) is 0.954. The molecule has 0 bridgehead atoms. The summed E-state index contributed by atoms with van der Waals surface area (Å²) in [4.78, 5) is 0. The number of rotatable bonds is 2. The summed E-state index contributed by atoms with van der Waals surface area (Å²) in [6, 6.07) is 10.2. The Bertz CT molecular complexity index is 208.